The van der Waals surface area contributed by atoms with E-state index in [-0.39, 0.29) is 11.3 Å². The molecule has 0 amide bonds. The number of aromatic carboxylic acids is 1. The molecule has 0 bridgehead atoms. The highest BCUT2D eigenvalue weighted by Gasteiger charge is 2.15. The van der Waals surface area contributed by atoms with Crippen LogP contribution in [0.15, 0.2) is 71.8 Å². The maximum atomic E-state index is 12.4. The smallest absolute Gasteiger partial charge is 0.341 e. The minimum atomic E-state index is -1.25. The number of benzene rings is 2. The van der Waals surface area contributed by atoms with E-state index in [0.29, 0.717) is 13.2 Å². The molecule has 1 aromatic heterocycles. The molecule has 5 nitrogen and oxygen atoms in total. The van der Waals surface area contributed by atoms with Gasteiger partial charge >= 0.3 is 5.97 Å². The van der Waals surface area contributed by atoms with Gasteiger partial charge in [0.2, 0.25) is 5.43 Å². The van der Waals surface area contributed by atoms with E-state index in [0.717, 1.165) is 29.5 Å². The number of unbranched alkanes of at least 4 members (excludes halogenated alkanes) is 1. The lowest BCUT2D eigenvalue weighted by molar-refractivity contribution is 0.0693. The monoisotopic (exact) mass is 377 g/mol. The molecule has 5 heteroatoms. The van der Waals surface area contributed by atoms with Gasteiger partial charge in [0.15, 0.2) is 5.75 Å². The summed E-state index contributed by atoms with van der Waals surface area (Å²) in [5, 5.41) is 9.42. The molecule has 0 aliphatic rings. The van der Waals surface area contributed by atoms with Crippen molar-refractivity contribution in [2.75, 3.05) is 6.61 Å². The molecule has 28 heavy (non-hydrogen) atoms. The predicted molar refractivity (Wildman–Crippen MR) is 109 cm³/mol. The lowest BCUT2D eigenvalue weighted by Crippen LogP contribution is -2.21. The number of hydrogen-bond donors (Lipinski definition) is 1. The molecule has 1 N–H and O–H groups in total. The van der Waals surface area contributed by atoms with E-state index in [1.54, 1.807) is 10.8 Å². The zero-order valence-corrected chi connectivity index (χ0v) is 15.8. The van der Waals surface area contributed by atoms with Crippen LogP contribution in [0.25, 0.3) is 11.1 Å². The molecule has 0 saturated heterocycles. The van der Waals surface area contributed by atoms with Crippen LogP contribution in [0.5, 0.6) is 5.75 Å². The highest BCUT2D eigenvalue weighted by atomic mass is 16.5. The number of carboxylic acid groups (broad SMARTS) is 1. The zero-order chi connectivity index (χ0) is 19.9. The number of carbonyl (C=O) groups is 1. The molecule has 0 spiro atoms. The van der Waals surface area contributed by atoms with E-state index in [1.165, 1.54) is 6.20 Å². The Kier molecular flexibility index (Phi) is 6.27. The summed E-state index contributed by atoms with van der Waals surface area (Å²) in [6.07, 6.45) is 4.69. The molecule has 2 aromatic carbocycles. The highest BCUT2D eigenvalue weighted by molar-refractivity contribution is 5.87. The normalized spacial score (nSPS) is 10.6. The van der Waals surface area contributed by atoms with Gasteiger partial charge in [-0.1, -0.05) is 67.9 Å². The highest BCUT2D eigenvalue weighted by Crippen LogP contribution is 2.24. The molecule has 0 radical (unpaired) electrons. The van der Waals surface area contributed by atoms with Crippen LogP contribution in [0, 0.1) is 0 Å². The average molecular weight is 377 g/mol. The molecule has 3 aromatic rings. The third-order valence-electron chi connectivity index (χ3n) is 4.49. The Labute approximate surface area is 163 Å². The minimum absolute atomic E-state index is 0.0746. The fourth-order valence-corrected chi connectivity index (χ4v) is 3.03. The molecular formula is C23H23NO4. The van der Waals surface area contributed by atoms with Crippen LogP contribution >= 0.6 is 0 Å². The van der Waals surface area contributed by atoms with Gasteiger partial charge in [-0.05, 0) is 23.1 Å². The molecule has 0 aliphatic heterocycles. The lowest BCUT2D eigenvalue weighted by Gasteiger charge is -2.14. The SMILES string of the molecule is CCCCOc1cn(Cc2ccccc2-c2ccccc2)cc(C(=O)O)c1=O. The maximum absolute atomic E-state index is 12.4. The Morgan fingerprint density at radius 2 is 1.75 bits per heavy atom. The Hall–Kier alpha value is -3.34. The summed E-state index contributed by atoms with van der Waals surface area (Å²) in [4.78, 5) is 23.9. The summed E-state index contributed by atoms with van der Waals surface area (Å²) >= 11 is 0. The molecule has 0 atom stereocenters. The Bertz CT molecular complexity index is 1010. The molecular weight excluding hydrogens is 354 g/mol. The van der Waals surface area contributed by atoms with Crippen molar-refractivity contribution in [3.63, 3.8) is 0 Å². The third kappa shape index (κ3) is 4.49. The summed E-state index contributed by atoms with van der Waals surface area (Å²) in [6.45, 7) is 2.83. The Morgan fingerprint density at radius 1 is 1.04 bits per heavy atom. The van der Waals surface area contributed by atoms with Crippen molar-refractivity contribution in [2.45, 2.75) is 26.3 Å². The van der Waals surface area contributed by atoms with Crippen LogP contribution < -0.4 is 10.2 Å². The van der Waals surface area contributed by atoms with Crippen molar-refractivity contribution in [3.8, 4) is 16.9 Å². The molecule has 0 saturated carbocycles. The fourth-order valence-electron chi connectivity index (χ4n) is 3.03. The molecule has 144 valence electrons. The average Bonchev–Trinajstić information content (AvgIpc) is 2.71. The Balaban J connectivity index is 1.99. The van der Waals surface area contributed by atoms with Crippen LogP contribution in [0.2, 0.25) is 0 Å². The number of pyridine rings is 1. The summed E-state index contributed by atoms with van der Waals surface area (Å²) in [7, 11) is 0. The van der Waals surface area contributed by atoms with Crippen LogP contribution in [0.1, 0.15) is 35.7 Å². The maximum Gasteiger partial charge on any atom is 0.341 e. The van der Waals surface area contributed by atoms with Gasteiger partial charge in [0, 0.05) is 12.7 Å². The van der Waals surface area contributed by atoms with Crippen molar-refractivity contribution < 1.29 is 14.6 Å². The summed E-state index contributed by atoms with van der Waals surface area (Å²) in [5.41, 5.74) is 2.29. The number of nitrogens with zero attached hydrogens (tertiary/aromatic N) is 1. The Morgan fingerprint density at radius 3 is 2.46 bits per heavy atom. The van der Waals surface area contributed by atoms with Crippen LogP contribution in [-0.4, -0.2) is 22.2 Å². The number of aromatic nitrogens is 1. The molecule has 0 aliphatic carbocycles. The summed E-state index contributed by atoms with van der Waals surface area (Å²) in [6, 6.07) is 17.9. The third-order valence-corrected chi connectivity index (χ3v) is 4.49. The molecule has 0 fully saturated rings. The van der Waals surface area contributed by atoms with Gasteiger partial charge in [-0.25, -0.2) is 4.79 Å². The summed E-state index contributed by atoms with van der Waals surface area (Å²) < 4.78 is 7.27. The van der Waals surface area contributed by atoms with Crippen molar-refractivity contribution in [1.29, 1.82) is 0 Å². The van der Waals surface area contributed by atoms with Crippen LogP contribution in [0.3, 0.4) is 0 Å². The van der Waals surface area contributed by atoms with Crippen LogP contribution in [-0.2, 0) is 6.54 Å². The fraction of sp³-hybridized carbons (Fsp3) is 0.217. The van der Waals surface area contributed by atoms with Gasteiger partial charge in [0.1, 0.15) is 5.56 Å². The van der Waals surface area contributed by atoms with Crippen molar-refractivity contribution >= 4 is 5.97 Å². The first-order valence-electron chi connectivity index (χ1n) is 9.33. The van der Waals surface area contributed by atoms with E-state index < -0.39 is 11.4 Å². The second-order valence-electron chi connectivity index (χ2n) is 6.57. The van der Waals surface area contributed by atoms with E-state index in [2.05, 4.69) is 0 Å². The minimum Gasteiger partial charge on any atom is -0.488 e. The topological polar surface area (TPSA) is 68.5 Å². The first kappa shape index (κ1) is 19.4. The van der Waals surface area contributed by atoms with E-state index in [1.807, 2.05) is 61.5 Å². The van der Waals surface area contributed by atoms with Crippen LogP contribution in [0.4, 0.5) is 0 Å². The first-order valence-corrected chi connectivity index (χ1v) is 9.33. The second-order valence-corrected chi connectivity index (χ2v) is 6.57. The van der Waals surface area contributed by atoms with Gasteiger partial charge in [-0.15, -0.1) is 0 Å². The number of hydrogen-bond acceptors (Lipinski definition) is 3. The van der Waals surface area contributed by atoms with E-state index in [4.69, 9.17) is 4.74 Å². The molecule has 1 heterocycles. The van der Waals surface area contributed by atoms with Crippen molar-refractivity contribution in [2.24, 2.45) is 0 Å². The van der Waals surface area contributed by atoms with Gasteiger partial charge < -0.3 is 14.4 Å². The van der Waals surface area contributed by atoms with Gasteiger partial charge in [0.25, 0.3) is 0 Å². The lowest BCUT2D eigenvalue weighted by atomic mass is 9.99. The van der Waals surface area contributed by atoms with Crippen molar-refractivity contribution in [3.05, 3.63) is 88.3 Å². The molecule has 0 unspecified atom stereocenters. The van der Waals surface area contributed by atoms with E-state index in [9.17, 15) is 14.7 Å². The van der Waals surface area contributed by atoms with Gasteiger partial charge in [-0.2, -0.15) is 0 Å². The van der Waals surface area contributed by atoms with Gasteiger partial charge in [0.05, 0.1) is 12.8 Å². The standard InChI is InChI=1S/C23H23NO4/c1-2-3-13-28-21-16-24(15-20(22(21)25)23(26)27)14-18-11-7-8-12-19(18)17-9-5-4-6-10-17/h4-12,15-16H,2-3,13-14H2,1H3,(H,26,27). The second kappa shape index (κ2) is 9.04. The quantitative estimate of drug-likeness (QED) is 0.589. The zero-order valence-electron chi connectivity index (χ0n) is 15.8. The molecule has 3 rings (SSSR count). The van der Waals surface area contributed by atoms with Gasteiger partial charge in [-0.3, -0.25) is 4.79 Å². The van der Waals surface area contributed by atoms with E-state index >= 15 is 0 Å². The van der Waals surface area contributed by atoms with Crippen molar-refractivity contribution in [1.82, 2.24) is 4.57 Å². The number of carboxylic acids is 1. The predicted octanol–water partition coefficient (Wildman–Crippen LogP) is 4.44. The largest absolute Gasteiger partial charge is 0.488 e. The summed E-state index contributed by atoms with van der Waals surface area (Å²) in [5.74, 6) is -1.18. The number of rotatable bonds is 8. The number of ether oxygens (including phenoxy) is 1. The first-order chi connectivity index (χ1) is 13.6.